The number of para-hydroxylation sites is 3. The minimum Gasteiger partial charge on any atom is -0.351 e. The molecule has 0 aliphatic heterocycles. The maximum Gasteiger partial charge on any atom is 0.418 e. The number of aromatic nitrogens is 4. The highest BCUT2D eigenvalue weighted by Crippen LogP contribution is 2.33. The van der Waals surface area contributed by atoms with Gasteiger partial charge in [0.2, 0.25) is 5.43 Å². The number of nitrogens with zero attached hydrogens (tertiary/aromatic N) is 3. The van der Waals surface area contributed by atoms with Crippen molar-refractivity contribution in [1.82, 2.24) is 25.1 Å². The Morgan fingerprint density at radius 1 is 1.12 bits per heavy atom. The monoisotopic (exact) mass is 455 g/mol. The Morgan fingerprint density at radius 2 is 1.85 bits per heavy atom. The van der Waals surface area contributed by atoms with Crippen molar-refractivity contribution >= 4 is 16.9 Å². The number of aryl methyl sites for hydroxylation is 2. The van der Waals surface area contributed by atoms with Gasteiger partial charge in [0.15, 0.2) is 5.69 Å². The molecule has 33 heavy (non-hydrogen) atoms. The van der Waals surface area contributed by atoms with Crippen LogP contribution < -0.4 is 10.7 Å². The topological polar surface area (TPSA) is 92.7 Å². The fraction of sp³-hybridized carbons (Fsp3) is 0.217. The zero-order valence-electron chi connectivity index (χ0n) is 17.6. The number of carbonyl (C=O) groups is 1. The smallest absolute Gasteiger partial charge is 0.351 e. The molecule has 4 aromatic rings. The largest absolute Gasteiger partial charge is 0.418 e. The lowest BCUT2D eigenvalue weighted by molar-refractivity contribution is -0.137. The van der Waals surface area contributed by atoms with Crippen LogP contribution in [0.5, 0.6) is 0 Å². The van der Waals surface area contributed by atoms with Gasteiger partial charge in [0.25, 0.3) is 5.91 Å². The van der Waals surface area contributed by atoms with Crippen LogP contribution in [0.2, 0.25) is 0 Å². The van der Waals surface area contributed by atoms with E-state index in [4.69, 9.17) is 0 Å². The van der Waals surface area contributed by atoms with Gasteiger partial charge in [-0.1, -0.05) is 24.3 Å². The van der Waals surface area contributed by atoms with Gasteiger partial charge >= 0.3 is 6.18 Å². The SMILES string of the molecule is Cc1cc(=O)c(C(=O)NCCCc2nc3ccccc3[nH]2)nn1-c1ccccc1C(F)(F)F. The number of amides is 1. The molecule has 0 bridgehead atoms. The van der Waals surface area contributed by atoms with Crippen molar-refractivity contribution < 1.29 is 18.0 Å². The summed E-state index contributed by atoms with van der Waals surface area (Å²) in [6, 6.07) is 13.6. The molecule has 0 radical (unpaired) electrons. The van der Waals surface area contributed by atoms with E-state index in [0.717, 1.165) is 33.7 Å². The molecule has 0 aliphatic rings. The summed E-state index contributed by atoms with van der Waals surface area (Å²) in [5.74, 6) is 0.0212. The van der Waals surface area contributed by atoms with Crippen LogP contribution in [0.4, 0.5) is 13.2 Å². The van der Waals surface area contributed by atoms with Crippen LogP contribution in [0, 0.1) is 6.92 Å². The van der Waals surface area contributed by atoms with Gasteiger partial charge < -0.3 is 10.3 Å². The molecule has 0 spiro atoms. The van der Waals surface area contributed by atoms with Gasteiger partial charge in [0.05, 0.1) is 22.3 Å². The number of nitrogens with one attached hydrogen (secondary N) is 2. The molecule has 2 heterocycles. The molecule has 0 atom stereocenters. The van der Waals surface area contributed by atoms with E-state index < -0.39 is 28.8 Å². The van der Waals surface area contributed by atoms with Gasteiger partial charge in [0.1, 0.15) is 5.82 Å². The molecule has 0 unspecified atom stereocenters. The van der Waals surface area contributed by atoms with Gasteiger partial charge in [-0.2, -0.15) is 18.3 Å². The first-order valence-corrected chi connectivity index (χ1v) is 10.2. The number of fused-ring (bicyclic) bond motifs is 1. The van der Waals surface area contributed by atoms with Crippen LogP contribution in [-0.4, -0.2) is 32.2 Å². The predicted octanol–water partition coefficient (Wildman–Crippen LogP) is 3.80. The lowest BCUT2D eigenvalue weighted by atomic mass is 10.1. The summed E-state index contributed by atoms with van der Waals surface area (Å²) in [5, 5.41) is 6.56. The Balaban J connectivity index is 1.49. The van der Waals surface area contributed by atoms with Crippen molar-refractivity contribution in [2.45, 2.75) is 25.9 Å². The number of benzene rings is 2. The molecule has 0 fully saturated rings. The molecular weight excluding hydrogens is 435 g/mol. The van der Waals surface area contributed by atoms with Crippen molar-refractivity contribution in [2.75, 3.05) is 6.54 Å². The summed E-state index contributed by atoms with van der Waals surface area (Å²) < 4.78 is 41.2. The predicted molar refractivity (Wildman–Crippen MR) is 116 cm³/mol. The summed E-state index contributed by atoms with van der Waals surface area (Å²) >= 11 is 0. The normalized spacial score (nSPS) is 11.6. The minimum atomic E-state index is -4.62. The Bertz CT molecular complexity index is 1340. The van der Waals surface area contributed by atoms with Crippen LogP contribution in [-0.2, 0) is 12.6 Å². The lowest BCUT2D eigenvalue weighted by Gasteiger charge is -2.16. The summed E-state index contributed by atoms with van der Waals surface area (Å²) in [5.41, 5.74) is -0.370. The van der Waals surface area contributed by atoms with E-state index in [0.29, 0.717) is 12.8 Å². The second kappa shape index (κ2) is 8.89. The quantitative estimate of drug-likeness (QED) is 0.433. The highest BCUT2D eigenvalue weighted by molar-refractivity contribution is 5.92. The number of hydrogen-bond acceptors (Lipinski definition) is 4. The minimum absolute atomic E-state index is 0.179. The van der Waals surface area contributed by atoms with E-state index in [-0.39, 0.29) is 17.9 Å². The zero-order valence-corrected chi connectivity index (χ0v) is 17.6. The number of H-pyrrole nitrogens is 1. The van der Waals surface area contributed by atoms with Gasteiger partial charge in [-0.25, -0.2) is 9.67 Å². The number of rotatable bonds is 6. The van der Waals surface area contributed by atoms with E-state index in [1.54, 1.807) is 0 Å². The Hall–Kier alpha value is -3.95. The Morgan fingerprint density at radius 3 is 2.61 bits per heavy atom. The van der Waals surface area contributed by atoms with Crippen molar-refractivity contribution in [2.24, 2.45) is 0 Å². The van der Waals surface area contributed by atoms with Gasteiger partial charge in [-0.15, -0.1) is 0 Å². The van der Waals surface area contributed by atoms with Gasteiger partial charge in [-0.05, 0) is 37.6 Å². The number of imidazole rings is 1. The molecule has 0 aliphatic carbocycles. The highest BCUT2D eigenvalue weighted by atomic mass is 19.4. The number of aromatic amines is 1. The average Bonchev–Trinajstić information content (AvgIpc) is 3.19. The van der Waals surface area contributed by atoms with E-state index >= 15 is 0 Å². The summed E-state index contributed by atoms with van der Waals surface area (Å²) in [6.45, 7) is 1.70. The van der Waals surface area contributed by atoms with E-state index in [1.165, 1.54) is 25.1 Å². The van der Waals surface area contributed by atoms with E-state index in [2.05, 4.69) is 20.4 Å². The Kier molecular flexibility index (Phi) is 5.99. The number of hydrogen-bond donors (Lipinski definition) is 2. The number of halogens is 3. The third-order valence-corrected chi connectivity index (χ3v) is 5.07. The third-order valence-electron chi connectivity index (χ3n) is 5.07. The second-order valence-electron chi connectivity index (χ2n) is 7.49. The first-order chi connectivity index (χ1) is 15.7. The zero-order chi connectivity index (χ0) is 23.6. The summed E-state index contributed by atoms with van der Waals surface area (Å²) in [6.07, 6.45) is -3.51. The van der Waals surface area contributed by atoms with Crippen molar-refractivity contribution in [3.05, 3.63) is 87.6 Å². The molecule has 0 saturated carbocycles. The first kappa shape index (κ1) is 22.3. The maximum absolute atomic E-state index is 13.4. The molecule has 2 aromatic carbocycles. The average molecular weight is 455 g/mol. The van der Waals surface area contributed by atoms with Crippen molar-refractivity contribution in [3.63, 3.8) is 0 Å². The van der Waals surface area contributed by atoms with Crippen LogP contribution in [0.15, 0.2) is 59.4 Å². The van der Waals surface area contributed by atoms with Gasteiger partial charge in [-0.3, -0.25) is 9.59 Å². The third kappa shape index (κ3) is 4.79. The van der Waals surface area contributed by atoms with Gasteiger partial charge in [0, 0.05) is 24.7 Å². The van der Waals surface area contributed by atoms with Crippen LogP contribution >= 0.6 is 0 Å². The maximum atomic E-state index is 13.4. The molecule has 2 N–H and O–H groups in total. The first-order valence-electron chi connectivity index (χ1n) is 10.2. The van der Waals surface area contributed by atoms with Crippen LogP contribution in [0.25, 0.3) is 16.7 Å². The number of alkyl halides is 3. The fourth-order valence-corrected chi connectivity index (χ4v) is 3.51. The molecule has 10 heteroatoms. The van der Waals surface area contributed by atoms with E-state index in [9.17, 15) is 22.8 Å². The van der Waals surface area contributed by atoms with Crippen molar-refractivity contribution in [3.8, 4) is 5.69 Å². The second-order valence-corrected chi connectivity index (χ2v) is 7.49. The van der Waals surface area contributed by atoms with Crippen molar-refractivity contribution in [1.29, 1.82) is 0 Å². The summed E-state index contributed by atoms with van der Waals surface area (Å²) in [4.78, 5) is 32.5. The Labute approximate surface area is 186 Å². The summed E-state index contributed by atoms with van der Waals surface area (Å²) in [7, 11) is 0. The van der Waals surface area contributed by atoms with E-state index in [1.807, 2.05) is 24.3 Å². The fourth-order valence-electron chi connectivity index (χ4n) is 3.51. The molecular formula is C23H20F3N5O2. The highest BCUT2D eigenvalue weighted by Gasteiger charge is 2.34. The van der Waals surface area contributed by atoms with Crippen LogP contribution in [0.3, 0.4) is 0 Å². The molecule has 7 nitrogen and oxygen atoms in total. The molecule has 1 amide bonds. The standard InChI is InChI=1S/C23H20F3N5O2/c1-14-13-19(32)21(30-31(14)18-10-5-2-7-15(18)23(24,25)26)22(33)27-12-6-11-20-28-16-8-3-4-9-17(16)29-20/h2-5,7-10,13H,6,11-12H2,1H3,(H,27,33)(H,28,29). The molecule has 170 valence electrons. The molecule has 0 saturated heterocycles. The molecule has 4 rings (SSSR count). The van der Waals surface area contributed by atoms with Crippen LogP contribution in [0.1, 0.15) is 34.0 Å². The lowest BCUT2D eigenvalue weighted by Crippen LogP contribution is -2.33. The number of carbonyl (C=O) groups excluding carboxylic acids is 1. The molecule has 2 aromatic heterocycles.